The third-order valence-corrected chi connectivity index (χ3v) is 5.11. The molecule has 0 N–H and O–H groups in total. The number of ketones is 1. The second-order valence-electron chi connectivity index (χ2n) is 5.32. The van der Waals surface area contributed by atoms with Crippen LogP contribution in [-0.2, 0) is 4.74 Å². The zero-order chi connectivity index (χ0) is 16.4. The van der Waals surface area contributed by atoms with E-state index in [1.54, 1.807) is 6.92 Å². The van der Waals surface area contributed by atoms with Crippen LogP contribution in [0.5, 0.6) is 0 Å². The summed E-state index contributed by atoms with van der Waals surface area (Å²) in [5, 5.41) is 2.81. The molecule has 2 heterocycles. The van der Waals surface area contributed by atoms with Gasteiger partial charge in [-0.3, -0.25) is 4.79 Å². The van der Waals surface area contributed by atoms with Crippen molar-refractivity contribution in [3.8, 4) is 0 Å². The lowest BCUT2D eigenvalue weighted by atomic mass is 10.3. The molecule has 1 saturated heterocycles. The van der Waals surface area contributed by atoms with E-state index in [2.05, 4.69) is 5.01 Å². The summed E-state index contributed by atoms with van der Waals surface area (Å²) >= 11 is 7.45. The first kappa shape index (κ1) is 16.2. The molecule has 122 valence electrons. The molecular weight excluding hydrogens is 334 g/mol. The molecule has 3 rings (SSSR count). The highest BCUT2D eigenvalue weighted by Gasteiger charge is 2.19. The Bertz CT molecular complexity index is 791. The minimum atomic E-state index is 0.0575. The van der Waals surface area contributed by atoms with Crippen LogP contribution >= 0.6 is 22.9 Å². The largest absolute Gasteiger partial charge is 0.378 e. The second kappa shape index (κ2) is 6.86. The fourth-order valence-electron chi connectivity index (χ4n) is 2.59. The van der Waals surface area contributed by atoms with E-state index in [1.807, 2.05) is 35.9 Å². The third kappa shape index (κ3) is 3.49. The fourth-order valence-corrected chi connectivity index (χ4v) is 3.82. The Morgan fingerprint density at radius 3 is 2.74 bits per heavy atom. The SMILES string of the molecule is CC(=O)c1sc(=Nc2cccc(Cl)c2)n(N2CCOCC2)c1C. The number of hydrogen-bond donors (Lipinski definition) is 0. The summed E-state index contributed by atoms with van der Waals surface area (Å²) in [5.74, 6) is 0.0575. The van der Waals surface area contributed by atoms with Crippen LogP contribution in [0.1, 0.15) is 22.3 Å². The number of nitrogens with zero attached hydrogens (tertiary/aromatic N) is 3. The Balaban J connectivity index is 2.14. The number of hydrogen-bond acceptors (Lipinski definition) is 5. The summed E-state index contributed by atoms with van der Waals surface area (Å²) in [4.78, 5) is 18.1. The van der Waals surface area contributed by atoms with Gasteiger partial charge < -0.3 is 9.75 Å². The maximum Gasteiger partial charge on any atom is 0.209 e. The van der Waals surface area contributed by atoms with Crippen molar-refractivity contribution < 1.29 is 9.53 Å². The van der Waals surface area contributed by atoms with Crippen LogP contribution in [0.25, 0.3) is 0 Å². The zero-order valence-corrected chi connectivity index (χ0v) is 14.7. The predicted octanol–water partition coefficient (Wildman–Crippen LogP) is 2.91. The lowest BCUT2D eigenvalue weighted by Gasteiger charge is -2.30. The highest BCUT2D eigenvalue weighted by atomic mass is 35.5. The number of ether oxygens (including phenoxy) is 1. The van der Waals surface area contributed by atoms with Crippen LogP contribution in [-0.4, -0.2) is 36.8 Å². The van der Waals surface area contributed by atoms with Crippen LogP contribution in [0, 0.1) is 6.92 Å². The number of morpholine rings is 1. The van der Waals surface area contributed by atoms with E-state index in [4.69, 9.17) is 21.3 Å². The van der Waals surface area contributed by atoms with Gasteiger partial charge in [-0.05, 0) is 25.1 Å². The quantitative estimate of drug-likeness (QED) is 0.799. The van der Waals surface area contributed by atoms with E-state index in [1.165, 1.54) is 11.3 Å². The van der Waals surface area contributed by atoms with Gasteiger partial charge >= 0.3 is 0 Å². The molecule has 1 aromatic heterocycles. The summed E-state index contributed by atoms with van der Waals surface area (Å²) in [6.07, 6.45) is 0. The van der Waals surface area contributed by atoms with E-state index < -0.39 is 0 Å². The third-order valence-electron chi connectivity index (χ3n) is 3.64. The topological polar surface area (TPSA) is 46.8 Å². The summed E-state index contributed by atoms with van der Waals surface area (Å²) in [6.45, 7) is 6.45. The van der Waals surface area contributed by atoms with Gasteiger partial charge in [0, 0.05) is 11.9 Å². The summed E-state index contributed by atoms with van der Waals surface area (Å²) < 4.78 is 7.46. The molecule has 0 saturated carbocycles. The molecule has 1 fully saturated rings. The number of halogens is 1. The number of benzene rings is 1. The van der Waals surface area contributed by atoms with E-state index >= 15 is 0 Å². The highest BCUT2D eigenvalue weighted by molar-refractivity contribution is 7.11. The Labute approximate surface area is 143 Å². The van der Waals surface area contributed by atoms with Crippen molar-refractivity contribution in [1.82, 2.24) is 4.68 Å². The van der Waals surface area contributed by atoms with Crippen molar-refractivity contribution in [2.75, 3.05) is 31.3 Å². The van der Waals surface area contributed by atoms with Gasteiger partial charge in [0.15, 0.2) is 5.78 Å². The average molecular weight is 352 g/mol. The van der Waals surface area contributed by atoms with Crippen LogP contribution in [0.15, 0.2) is 29.3 Å². The smallest absolute Gasteiger partial charge is 0.209 e. The van der Waals surface area contributed by atoms with Crippen molar-refractivity contribution in [2.45, 2.75) is 13.8 Å². The molecule has 1 aliphatic heterocycles. The summed E-state index contributed by atoms with van der Waals surface area (Å²) in [7, 11) is 0. The predicted molar refractivity (Wildman–Crippen MR) is 92.5 cm³/mol. The van der Waals surface area contributed by atoms with Gasteiger partial charge in [-0.2, -0.15) is 0 Å². The Hall–Kier alpha value is -1.63. The standard InChI is InChI=1S/C16H18ClN3O2S/c1-11-15(12(2)21)23-16(18-14-5-3-4-13(17)10-14)20(11)19-6-8-22-9-7-19/h3-5,10H,6-9H2,1-2H3. The molecule has 7 heteroatoms. The van der Waals surface area contributed by atoms with Crippen LogP contribution in [0.2, 0.25) is 5.02 Å². The van der Waals surface area contributed by atoms with Gasteiger partial charge in [0.25, 0.3) is 0 Å². The molecule has 1 aromatic carbocycles. The minimum Gasteiger partial charge on any atom is -0.378 e. The summed E-state index contributed by atoms with van der Waals surface area (Å²) in [6, 6.07) is 7.40. The van der Waals surface area contributed by atoms with Gasteiger partial charge in [0.05, 0.1) is 42.6 Å². The van der Waals surface area contributed by atoms with Crippen molar-refractivity contribution >= 4 is 34.4 Å². The summed E-state index contributed by atoms with van der Waals surface area (Å²) in [5.41, 5.74) is 1.70. The maximum absolute atomic E-state index is 11.9. The Kier molecular flexibility index (Phi) is 4.84. The first-order valence-electron chi connectivity index (χ1n) is 7.43. The molecule has 1 aliphatic rings. The van der Waals surface area contributed by atoms with Gasteiger partial charge in [0.2, 0.25) is 4.80 Å². The second-order valence-corrected chi connectivity index (χ2v) is 6.74. The fraction of sp³-hybridized carbons (Fsp3) is 0.375. The Morgan fingerprint density at radius 1 is 1.35 bits per heavy atom. The molecule has 23 heavy (non-hydrogen) atoms. The first-order valence-corrected chi connectivity index (χ1v) is 8.62. The number of carbonyl (C=O) groups is 1. The van der Waals surface area contributed by atoms with Gasteiger partial charge in [-0.1, -0.05) is 29.0 Å². The molecule has 0 atom stereocenters. The molecule has 0 amide bonds. The van der Waals surface area contributed by atoms with Crippen LogP contribution < -0.4 is 9.81 Å². The number of thiazole rings is 1. The molecule has 0 radical (unpaired) electrons. The first-order chi connectivity index (χ1) is 11.1. The van der Waals surface area contributed by atoms with E-state index in [0.717, 1.165) is 34.1 Å². The van der Waals surface area contributed by atoms with E-state index in [-0.39, 0.29) is 5.78 Å². The van der Waals surface area contributed by atoms with Crippen LogP contribution in [0.3, 0.4) is 0 Å². The van der Waals surface area contributed by atoms with Crippen molar-refractivity contribution in [1.29, 1.82) is 0 Å². The maximum atomic E-state index is 11.9. The molecule has 2 aromatic rings. The Morgan fingerprint density at radius 2 is 2.09 bits per heavy atom. The number of Topliss-reactive ketones (excluding diaryl/α,β-unsaturated/α-hetero) is 1. The van der Waals surface area contributed by atoms with Crippen molar-refractivity contribution in [2.24, 2.45) is 4.99 Å². The van der Waals surface area contributed by atoms with Crippen molar-refractivity contribution in [3.63, 3.8) is 0 Å². The van der Waals surface area contributed by atoms with E-state index in [9.17, 15) is 4.79 Å². The monoisotopic (exact) mass is 351 g/mol. The number of carbonyl (C=O) groups excluding carboxylic acids is 1. The van der Waals surface area contributed by atoms with Gasteiger partial charge in [-0.25, -0.2) is 9.67 Å². The van der Waals surface area contributed by atoms with Crippen molar-refractivity contribution in [3.05, 3.63) is 44.7 Å². The minimum absolute atomic E-state index is 0.0575. The number of rotatable bonds is 3. The van der Waals surface area contributed by atoms with E-state index in [0.29, 0.717) is 18.2 Å². The van der Waals surface area contributed by atoms with Crippen LogP contribution in [0.4, 0.5) is 5.69 Å². The highest BCUT2D eigenvalue weighted by Crippen LogP contribution is 2.19. The molecule has 0 unspecified atom stereocenters. The molecule has 5 nitrogen and oxygen atoms in total. The lowest BCUT2D eigenvalue weighted by Crippen LogP contribution is -2.48. The average Bonchev–Trinajstić information content (AvgIpc) is 2.85. The molecule has 0 bridgehead atoms. The molecule has 0 spiro atoms. The van der Waals surface area contributed by atoms with Gasteiger partial charge in [0.1, 0.15) is 0 Å². The zero-order valence-electron chi connectivity index (χ0n) is 13.1. The lowest BCUT2D eigenvalue weighted by molar-refractivity contribution is 0.101. The number of aromatic nitrogens is 1. The molecule has 0 aliphatic carbocycles. The van der Waals surface area contributed by atoms with Gasteiger partial charge in [-0.15, -0.1) is 0 Å². The molecular formula is C16H18ClN3O2S. The normalized spacial score (nSPS) is 16.0.